The third kappa shape index (κ3) is 12.3. The number of hydrogen-bond donors (Lipinski definition) is 1. The van der Waals surface area contributed by atoms with E-state index in [1.54, 1.807) is 0 Å². The molecule has 0 atom stereocenters. The van der Waals surface area contributed by atoms with Gasteiger partial charge in [0.25, 0.3) is 10.1 Å². The van der Waals surface area contributed by atoms with E-state index < -0.39 is 10.1 Å². The van der Waals surface area contributed by atoms with Gasteiger partial charge in [0.2, 0.25) is 0 Å². The van der Waals surface area contributed by atoms with Crippen molar-refractivity contribution in [2.24, 2.45) is 0 Å². The Hall–Kier alpha value is -0.130. The number of rotatable bonds is 13. The summed E-state index contributed by atoms with van der Waals surface area (Å²) in [6.45, 7) is 2.37. The summed E-state index contributed by atoms with van der Waals surface area (Å²) in [4.78, 5) is 0. The minimum Gasteiger partial charge on any atom is -0.396 e. The first-order valence-corrected chi connectivity index (χ1v) is 8.68. The van der Waals surface area contributed by atoms with E-state index >= 15 is 0 Å². The fourth-order valence-corrected chi connectivity index (χ4v) is 2.69. The second-order valence-electron chi connectivity index (χ2n) is 4.64. The summed E-state index contributed by atoms with van der Waals surface area (Å²) in [6.07, 6.45) is 9.63. The Morgan fingerprint density at radius 1 is 0.889 bits per heavy atom. The van der Waals surface area contributed by atoms with Gasteiger partial charge in [0, 0.05) is 6.61 Å². The van der Waals surface area contributed by atoms with Crippen molar-refractivity contribution < 1.29 is 17.7 Å². The van der Waals surface area contributed by atoms with E-state index in [0.717, 1.165) is 19.3 Å². The molecule has 0 bridgehead atoms. The van der Waals surface area contributed by atoms with Gasteiger partial charge < -0.3 is 5.11 Å². The van der Waals surface area contributed by atoms with E-state index in [4.69, 9.17) is 9.29 Å². The van der Waals surface area contributed by atoms with E-state index in [1.165, 1.54) is 32.1 Å². The molecule has 0 aromatic carbocycles. The average Bonchev–Trinajstić information content (AvgIpc) is 2.34. The highest BCUT2D eigenvalue weighted by Gasteiger charge is 2.09. The van der Waals surface area contributed by atoms with Crippen LogP contribution < -0.4 is 0 Å². The minimum atomic E-state index is -3.41. The fraction of sp³-hybridized carbons (Fsp3) is 1.00. The van der Waals surface area contributed by atoms with Crippen LogP contribution >= 0.6 is 0 Å². The van der Waals surface area contributed by atoms with E-state index in [-0.39, 0.29) is 25.4 Å². The Balaban J connectivity index is 3.29. The molecule has 0 rings (SSSR count). The summed E-state index contributed by atoms with van der Waals surface area (Å²) >= 11 is 0. The van der Waals surface area contributed by atoms with Crippen molar-refractivity contribution in [2.75, 3.05) is 19.0 Å². The summed E-state index contributed by atoms with van der Waals surface area (Å²) in [5.74, 6) is -0.0828. The molecule has 0 spiro atoms. The molecule has 18 heavy (non-hydrogen) atoms. The summed E-state index contributed by atoms with van der Waals surface area (Å²) in [5, 5.41) is 8.54. The monoisotopic (exact) mass is 280 g/mol. The highest BCUT2D eigenvalue weighted by Crippen LogP contribution is 2.09. The Morgan fingerprint density at radius 2 is 1.44 bits per heavy atom. The number of hydrogen-bond acceptors (Lipinski definition) is 4. The van der Waals surface area contributed by atoms with Crippen molar-refractivity contribution in [3.63, 3.8) is 0 Å². The topological polar surface area (TPSA) is 63.6 Å². The van der Waals surface area contributed by atoms with Gasteiger partial charge in [0.1, 0.15) is 0 Å². The summed E-state index contributed by atoms with van der Waals surface area (Å²) in [6, 6.07) is 0. The molecule has 1 N–H and O–H groups in total. The maximum absolute atomic E-state index is 11.3. The third-order valence-corrected chi connectivity index (χ3v) is 4.13. The quantitative estimate of drug-likeness (QED) is 0.416. The zero-order valence-corrected chi connectivity index (χ0v) is 12.4. The Kier molecular flexibility index (Phi) is 11.8. The van der Waals surface area contributed by atoms with Crippen LogP contribution in [0, 0.1) is 0 Å². The van der Waals surface area contributed by atoms with Gasteiger partial charge >= 0.3 is 0 Å². The van der Waals surface area contributed by atoms with Crippen molar-refractivity contribution in [3.05, 3.63) is 0 Å². The lowest BCUT2D eigenvalue weighted by atomic mass is 10.1. The molecule has 0 radical (unpaired) electrons. The molecule has 0 heterocycles. The molecule has 0 amide bonds. The van der Waals surface area contributed by atoms with Gasteiger partial charge in [0.05, 0.1) is 12.4 Å². The Bertz CT molecular complexity index is 262. The number of aliphatic hydroxyl groups excluding tert-OH is 1. The first-order valence-electron chi connectivity index (χ1n) is 7.10. The molecular weight excluding hydrogens is 252 g/mol. The summed E-state index contributed by atoms with van der Waals surface area (Å²) < 4.78 is 27.4. The van der Waals surface area contributed by atoms with Crippen LogP contribution in [0.4, 0.5) is 0 Å². The molecule has 5 heteroatoms. The lowest BCUT2D eigenvalue weighted by molar-refractivity contribution is 0.283. The highest BCUT2D eigenvalue weighted by atomic mass is 32.2. The predicted molar refractivity (Wildman–Crippen MR) is 74.1 cm³/mol. The van der Waals surface area contributed by atoms with Gasteiger partial charge in [-0.05, 0) is 12.8 Å². The molecule has 0 aromatic heterocycles. The SMILES string of the molecule is CCCCCCCCCCOS(=O)(=O)CCCO. The van der Waals surface area contributed by atoms with Crippen LogP contribution in [0.15, 0.2) is 0 Å². The van der Waals surface area contributed by atoms with Crippen molar-refractivity contribution in [1.29, 1.82) is 0 Å². The lowest BCUT2D eigenvalue weighted by Gasteiger charge is -2.04. The molecule has 0 saturated carbocycles. The van der Waals surface area contributed by atoms with Gasteiger partial charge in [-0.25, -0.2) is 0 Å². The second-order valence-corrected chi connectivity index (χ2v) is 6.40. The molecule has 4 nitrogen and oxygen atoms in total. The van der Waals surface area contributed by atoms with E-state index in [9.17, 15) is 8.42 Å². The van der Waals surface area contributed by atoms with E-state index in [1.807, 2.05) is 0 Å². The standard InChI is InChI=1S/C13H28O4S/c1-2-3-4-5-6-7-8-9-12-17-18(15,16)13-10-11-14/h14H,2-13H2,1H3. The molecular formula is C13H28O4S. The van der Waals surface area contributed by atoms with Gasteiger partial charge in [0.15, 0.2) is 0 Å². The Morgan fingerprint density at radius 3 is 2.00 bits per heavy atom. The Labute approximate surface area is 112 Å². The fourth-order valence-electron chi connectivity index (χ4n) is 1.72. The third-order valence-electron chi connectivity index (χ3n) is 2.81. The number of aliphatic hydroxyl groups is 1. The first kappa shape index (κ1) is 17.9. The highest BCUT2D eigenvalue weighted by molar-refractivity contribution is 7.86. The van der Waals surface area contributed by atoms with Crippen molar-refractivity contribution in [1.82, 2.24) is 0 Å². The van der Waals surface area contributed by atoms with E-state index in [0.29, 0.717) is 0 Å². The molecule has 0 saturated heterocycles. The normalized spacial score (nSPS) is 11.9. The van der Waals surface area contributed by atoms with Crippen molar-refractivity contribution in [3.8, 4) is 0 Å². The zero-order valence-electron chi connectivity index (χ0n) is 11.6. The zero-order chi connectivity index (χ0) is 13.7. The predicted octanol–water partition coefficient (Wildman–Crippen LogP) is 2.86. The smallest absolute Gasteiger partial charge is 0.267 e. The molecule has 0 aliphatic heterocycles. The van der Waals surface area contributed by atoms with Crippen molar-refractivity contribution in [2.45, 2.75) is 64.7 Å². The van der Waals surface area contributed by atoms with Crippen LogP contribution in [0.2, 0.25) is 0 Å². The molecule has 0 fully saturated rings. The van der Waals surface area contributed by atoms with Gasteiger partial charge in [-0.15, -0.1) is 0 Å². The molecule has 110 valence electrons. The van der Waals surface area contributed by atoms with Gasteiger partial charge in [-0.3, -0.25) is 4.18 Å². The molecule has 0 aliphatic rings. The second kappa shape index (κ2) is 11.9. The molecule has 0 aliphatic carbocycles. The summed E-state index contributed by atoms with van der Waals surface area (Å²) in [7, 11) is -3.41. The van der Waals surface area contributed by atoms with E-state index in [2.05, 4.69) is 6.92 Å². The maximum Gasteiger partial charge on any atom is 0.267 e. The molecule has 0 unspecified atom stereocenters. The van der Waals surface area contributed by atoms with Gasteiger partial charge in [-0.1, -0.05) is 51.9 Å². The van der Waals surface area contributed by atoms with Crippen LogP contribution in [0.25, 0.3) is 0 Å². The van der Waals surface area contributed by atoms with Crippen LogP contribution in [0.1, 0.15) is 64.7 Å². The van der Waals surface area contributed by atoms with Crippen LogP contribution in [0.3, 0.4) is 0 Å². The van der Waals surface area contributed by atoms with Crippen LogP contribution in [-0.2, 0) is 14.3 Å². The van der Waals surface area contributed by atoms with Crippen LogP contribution in [0.5, 0.6) is 0 Å². The van der Waals surface area contributed by atoms with Crippen molar-refractivity contribution >= 4 is 10.1 Å². The van der Waals surface area contributed by atoms with Gasteiger partial charge in [-0.2, -0.15) is 8.42 Å². The molecule has 0 aromatic rings. The maximum atomic E-state index is 11.3. The first-order chi connectivity index (χ1) is 8.62. The minimum absolute atomic E-state index is 0.0828. The largest absolute Gasteiger partial charge is 0.396 e. The number of unbranched alkanes of at least 4 members (excludes halogenated alkanes) is 7. The summed E-state index contributed by atoms with van der Waals surface area (Å²) in [5.41, 5.74) is 0. The average molecular weight is 280 g/mol. The lowest BCUT2D eigenvalue weighted by Crippen LogP contribution is -2.12. The van der Waals surface area contributed by atoms with Crippen LogP contribution in [-0.4, -0.2) is 32.5 Å².